The van der Waals surface area contributed by atoms with Gasteiger partial charge in [-0.2, -0.15) is 0 Å². The number of hydrogen-bond acceptors (Lipinski definition) is 3. The molecular formula is C12H15FN2O3S. The van der Waals surface area contributed by atoms with Crippen molar-refractivity contribution in [3.05, 3.63) is 23.5 Å². The summed E-state index contributed by atoms with van der Waals surface area (Å²) in [7, 11) is -3.62. The number of sulfonamides is 1. The highest BCUT2D eigenvalue weighted by Gasteiger charge is 2.21. The smallest absolute Gasteiger partial charge is 0.235 e. The summed E-state index contributed by atoms with van der Waals surface area (Å²) in [6.45, 7) is 3.00. The van der Waals surface area contributed by atoms with Crippen LogP contribution in [0.25, 0.3) is 0 Å². The molecular weight excluding hydrogens is 271 g/mol. The summed E-state index contributed by atoms with van der Waals surface area (Å²) in [5, 5.41) is 1.93. The molecule has 0 radical (unpaired) electrons. The predicted molar refractivity (Wildman–Crippen MR) is 71.0 cm³/mol. The molecule has 0 saturated heterocycles. The van der Waals surface area contributed by atoms with Crippen LogP contribution in [0.2, 0.25) is 0 Å². The zero-order chi connectivity index (χ0) is 14.2. The van der Waals surface area contributed by atoms with Crippen molar-refractivity contribution in [2.45, 2.75) is 31.9 Å². The summed E-state index contributed by atoms with van der Waals surface area (Å²) in [6.07, 6.45) is 0.763. The van der Waals surface area contributed by atoms with E-state index in [0.29, 0.717) is 24.1 Å². The molecule has 1 aromatic rings. The number of hydrogen-bond donors (Lipinski definition) is 2. The fourth-order valence-electron chi connectivity index (χ4n) is 1.75. The third-order valence-corrected chi connectivity index (χ3v) is 4.71. The maximum Gasteiger partial charge on any atom is 0.235 e. The van der Waals surface area contributed by atoms with Gasteiger partial charge < -0.3 is 5.32 Å². The van der Waals surface area contributed by atoms with Gasteiger partial charge in [0, 0.05) is 12.1 Å². The Bertz CT molecular complexity index is 626. The molecule has 0 aliphatic carbocycles. The summed E-state index contributed by atoms with van der Waals surface area (Å²) < 4.78 is 39.5. The maximum absolute atomic E-state index is 13.8. The Morgan fingerprint density at radius 3 is 2.63 bits per heavy atom. The minimum absolute atomic E-state index is 0.144. The first-order valence-electron chi connectivity index (χ1n) is 5.93. The minimum atomic E-state index is -3.62. The monoisotopic (exact) mass is 286 g/mol. The van der Waals surface area contributed by atoms with E-state index in [1.807, 2.05) is 0 Å². The summed E-state index contributed by atoms with van der Waals surface area (Å²) in [4.78, 5) is 11.3. The van der Waals surface area contributed by atoms with Crippen molar-refractivity contribution < 1.29 is 17.6 Å². The van der Waals surface area contributed by atoms with Crippen LogP contribution in [-0.4, -0.2) is 19.6 Å². The van der Waals surface area contributed by atoms with Gasteiger partial charge in [0.2, 0.25) is 15.9 Å². The largest absolute Gasteiger partial charge is 0.326 e. The van der Waals surface area contributed by atoms with Crippen LogP contribution in [-0.2, 0) is 21.2 Å². The number of carbonyl (C=O) groups excluding carboxylic acids is 1. The minimum Gasteiger partial charge on any atom is -0.326 e. The first-order chi connectivity index (χ1) is 8.79. The van der Waals surface area contributed by atoms with E-state index in [-0.39, 0.29) is 11.6 Å². The van der Waals surface area contributed by atoms with Gasteiger partial charge >= 0.3 is 0 Å². The fourth-order valence-corrected chi connectivity index (χ4v) is 2.45. The van der Waals surface area contributed by atoms with Crippen molar-refractivity contribution in [3.63, 3.8) is 0 Å². The lowest BCUT2D eigenvalue weighted by atomic mass is 10.0. The number of fused-ring (bicyclic) bond motifs is 1. The highest BCUT2D eigenvalue weighted by molar-refractivity contribution is 7.93. The van der Waals surface area contributed by atoms with E-state index in [4.69, 9.17) is 0 Å². The third-order valence-electron chi connectivity index (χ3n) is 2.96. The van der Waals surface area contributed by atoms with E-state index in [1.54, 1.807) is 0 Å². The van der Waals surface area contributed by atoms with E-state index in [9.17, 15) is 17.6 Å². The van der Waals surface area contributed by atoms with Gasteiger partial charge in [0.05, 0.1) is 10.9 Å². The molecule has 0 unspecified atom stereocenters. The van der Waals surface area contributed by atoms with Crippen LogP contribution in [0.4, 0.5) is 15.8 Å². The molecule has 0 aromatic heterocycles. The molecule has 2 N–H and O–H groups in total. The summed E-state index contributed by atoms with van der Waals surface area (Å²) in [5.41, 5.74) is 0.985. The number of rotatable bonds is 3. The lowest BCUT2D eigenvalue weighted by molar-refractivity contribution is -0.116. The van der Waals surface area contributed by atoms with Gasteiger partial charge in [-0.1, -0.05) is 0 Å². The number of carbonyl (C=O) groups is 1. The van der Waals surface area contributed by atoms with Gasteiger partial charge in [-0.15, -0.1) is 0 Å². The molecule has 0 fully saturated rings. The zero-order valence-corrected chi connectivity index (χ0v) is 11.5. The van der Waals surface area contributed by atoms with Crippen LogP contribution in [0.1, 0.15) is 25.8 Å². The van der Waals surface area contributed by atoms with Crippen molar-refractivity contribution in [2.75, 3.05) is 10.0 Å². The number of amides is 1. The van der Waals surface area contributed by atoms with Crippen LogP contribution in [0.5, 0.6) is 0 Å². The van der Waals surface area contributed by atoms with E-state index in [2.05, 4.69) is 10.0 Å². The van der Waals surface area contributed by atoms with Crippen LogP contribution in [0.15, 0.2) is 12.1 Å². The number of halogens is 1. The highest BCUT2D eigenvalue weighted by atomic mass is 32.2. The van der Waals surface area contributed by atoms with Crippen molar-refractivity contribution in [1.82, 2.24) is 0 Å². The van der Waals surface area contributed by atoms with Gasteiger partial charge in [0.25, 0.3) is 0 Å². The van der Waals surface area contributed by atoms with Crippen molar-refractivity contribution in [2.24, 2.45) is 0 Å². The average molecular weight is 286 g/mol. The Hall–Kier alpha value is -1.63. The van der Waals surface area contributed by atoms with E-state index in [1.165, 1.54) is 26.0 Å². The molecule has 104 valence electrons. The highest BCUT2D eigenvalue weighted by Crippen LogP contribution is 2.29. The molecule has 5 nitrogen and oxygen atoms in total. The van der Waals surface area contributed by atoms with Gasteiger partial charge in [-0.05, 0) is 38.0 Å². The fraction of sp³-hybridized carbons (Fsp3) is 0.417. The number of nitrogens with one attached hydrogen (secondary N) is 2. The van der Waals surface area contributed by atoms with Crippen molar-refractivity contribution in [1.29, 1.82) is 0 Å². The Balaban J connectivity index is 2.38. The van der Waals surface area contributed by atoms with Gasteiger partial charge in [-0.25, -0.2) is 12.8 Å². The van der Waals surface area contributed by atoms with Crippen LogP contribution >= 0.6 is 0 Å². The Morgan fingerprint density at radius 2 is 2.00 bits per heavy atom. The Morgan fingerprint density at radius 1 is 1.32 bits per heavy atom. The van der Waals surface area contributed by atoms with Crippen LogP contribution in [0.3, 0.4) is 0 Å². The molecule has 0 spiro atoms. The molecule has 19 heavy (non-hydrogen) atoms. The molecule has 1 aliphatic heterocycles. The number of benzene rings is 1. The van der Waals surface area contributed by atoms with E-state index < -0.39 is 21.1 Å². The zero-order valence-electron chi connectivity index (χ0n) is 10.7. The third kappa shape index (κ3) is 2.86. The molecule has 0 atom stereocenters. The molecule has 7 heteroatoms. The van der Waals surface area contributed by atoms with E-state index >= 15 is 0 Å². The second kappa shape index (κ2) is 4.80. The predicted octanol–water partition coefficient (Wildman–Crippen LogP) is 1.86. The SMILES string of the molecule is CC(C)S(=O)(=O)Nc1cc2c(cc1F)CCC(=O)N2. The summed E-state index contributed by atoms with van der Waals surface area (Å²) >= 11 is 0. The molecule has 1 amide bonds. The molecule has 0 saturated carbocycles. The Kier molecular flexibility index (Phi) is 3.49. The molecule has 1 heterocycles. The van der Waals surface area contributed by atoms with Crippen molar-refractivity contribution >= 4 is 27.3 Å². The average Bonchev–Trinajstić information content (AvgIpc) is 2.30. The van der Waals surface area contributed by atoms with Crippen molar-refractivity contribution in [3.8, 4) is 0 Å². The number of anilines is 2. The lowest BCUT2D eigenvalue weighted by Gasteiger charge is -2.19. The van der Waals surface area contributed by atoms with Crippen LogP contribution in [0, 0.1) is 5.82 Å². The maximum atomic E-state index is 13.8. The first-order valence-corrected chi connectivity index (χ1v) is 7.48. The van der Waals surface area contributed by atoms with Gasteiger partial charge in [-0.3, -0.25) is 9.52 Å². The number of aryl methyl sites for hydroxylation is 1. The second-order valence-electron chi connectivity index (χ2n) is 4.73. The Labute approximate surface area is 111 Å². The van der Waals surface area contributed by atoms with Gasteiger partial charge in [0.15, 0.2) is 0 Å². The summed E-state index contributed by atoms with van der Waals surface area (Å²) in [6, 6.07) is 2.58. The molecule has 0 bridgehead atoms. The second-order valence-corrected chi connectivity index (χ2v) is 6.97. The molecule has 1 aromatic carbocycles. The molecule has 2 rings (SSSR count). The molecule has 1 aliphatic rings. The lowest BCUT2D eigenvalue weighted by Crippen LogP contribution is -2.24. The van der Waals surface area contributed by atoms with Gasteiger partial charge in [0.1, 0.15) is 5.82 Å². The normalized spacial score (nSPS) is 15.1. The van der Waals surface area contributed by atoms with Crippen LogP contribution < -0.4 is 10.0 Å². The summed E-state index contributed by atoms with van der Waals surface area (Å²) in [5.74, 6) is -0.795. The quantitative estimate of drug-likeness (QED) is 0.890. The topological polar surface area (TPSA) is 75.3 Å². The standard InChI is InChI=1S/C12H15FN2O3S/c1-7(2)19(17,18)15-11-6-10-8(5-9(11)13)3-4-12(16)14-10/h5-7,15H,3-4H2,1-2H3,(H,14,16). The first kappa shape index (κ1) is 13.8. The van der Waals surface area contributed by atoms with E-state index in [0.717, 1.165) is 0 Å².